The molecule has 2 atom stereocenters. The van der Waals surface area contributed by atoms with Gasteiger partial charge < -0.3 is 20.7 Å². The second-order valence-corrected chi connectivity index (χ2v) is 9.39. The first-order valence-corrected chi connectivity index (χ1v) is 12.1. The van der Waals surface area contributed by atoms with Gasteiger partial charge in [-0.3, -0.25) is 19.1 Å². The SMILES string of the molecule is CC(c1ccccc1)C(NC(=O)c1ccnn1C)C(=O)Nc1ccc2c(c1)NC(=O)C21CCOCC1. The van der Waals surface area contributed by atoms with Crippen molar-refractivity contribution in [2.24, 2.45) is 7.05 Å². The fraction of sp³-hybridized carbons (Fsp3) is 0.333. The molecule has 0 aliphatic carbocycles. The predicted octanol–water partition coefficient (Wildman–Crippen LogP) is 2.96. The fourth-order valence-corrected chi connectivity index (χ4v) is 5.12. The molecule has 0 radical (unpaired) electrons. The summed E-state index contributed by atoms with van der Waals surface area (Å²) in [7, 11) is 1.68. The zero-order valence-electron chi connectivity index (χ0n) is 20.3. The molecule has 3 N–H and O–H groups in total. The van der Waals surface area contributed by atoms with Crippen molar-refractivity contribution in [2.75, 3.05) is 23.8 Å². The van der Waals surface area contributed by atoms with Crippen LogP contribution >= 0.6 is 0 Å². The van der Waals surface area contributed by atoms with E-state index >= 15 is 0 Å². The lowest BCUT2D eigenvalue weighted by atomic mass is 9.75. The molecule has 2 aromatic carbocycles. The number of aromatic nitrogens is 2. The monoisotopic (exact) mass is 487 g/mol. The standard InChI is InChI=1S/C27H29N5O4/c1-17(18-6-4-3-5-7-18)23(31-24(33)22-10-13-28-32(22)2)25(34)29-19-8-9-20-21(16-19)30-26(35)27(20)11-14-36-15-12-27/h3-10,13,16-17,23H,11-12,14-15H2,1-2H3,(H,29,34)(H,30,35)(H,31,33). The van der Waals surface area contributed by atoms with Crippen molar-refractivity contribution in [3.63, 3.8) is 0 Å². The molecule has 2 unspecified atom stereocenters. The average molecular weight is 488 g/mol. The van der Waals surface area contributed by atoms with Crippen molar-refractivity contribution in [3.8, 4) is 0 Å². The summed E-state index contributed by atoms with van der Waals surface area (Å²) in [5, 5.41) is 12.9. The highest BCUT2D eigenvalue weighted by molar-refractivity contribution is 6.07. The number of rotatable bonds is 6. The Balaban J connectivity index is 1.39. The lowest BCUT2D eigenvalue weighted by Crippen LogP contribution is -2.47. The summed E-state index contributed by atoms with van der Waals surface area (Å²) in [4.78, 5) is 39.4. The minimum absolute atomic E-state index is 0.0247. The maximum atomic E-state index is 13.5. The van der Waals surface area contributed by atoms with Gasteiger partial charge in [0.15, 0.2) is 0 Å². The number of fused-ring (bicyclic) bond motifs is 2. The molecule has 0 saturated carbocycles. The van der Waals surface area contributed by atoms with Gasteiger partial charge in [-0.1, -0.05) is 43.3 Å². The van der Waals surface area contributed by atoms with E-state index in [0.29, 0.717) is 43.1 Å². The second-order valence-electron chi connectivity index (χ2n) is 9.39. The zero-order chi connectivity index (χ0) is 25.3. The molecule has 3 aromatic rings. The van der Waals surface area contributed by atoms with Gasteiger partial charge >= 0.3 is 0 Å². The van der Waals surface area contributed by atoms with Crippen molar-refractivity contribution >= 4 is 29.1 Å². The predicted molar refractivity (Wildman–Crippen MR) is 135 cm³/mol. The molecule has 186 valence electrons. The van der Waals surface area contributed by atoms with Crippen LogP contribution in [0.5, 0.6) is 0 Å². The molecule has 1 fully saturated rings. The number of nitrogens with zero attached hydrogens (tertiary/aromatic N) is 2. The molecule has 3 amide bonds. The molecule has 2 aliphatic heterocycles. The molecule has 9 heteroatoms. The first-order valence-electron chi connectivity index (χ1n) is 12.1. The van der Waals surface area contributed by atoms with E-state index in [1.54, 1.807) is 25.2 Å². The lowest BCUT2D eigenvalue weighted by Gasteiger charge is -2.31. The molecule has 9 nitrogen and oxygen atoms in total. The number of ether oxygens (including phenoxy) is 1. The van der Waals surface area contributed by atoms with Gasteiger partial charge in [-0.2, -0.15) is 5.10 Å². The molecule has 1 saturated heterocycles. The fourth-order valence-electron chi connectivity index (χ4n) is 5.12. The molecule has 0 bridgehead atoms. The summed E-state index contributed by atoms with van der Waals surface area (Å²) in [5.74, 6) is -1.07. The van der Waals surface area contributed by atoms with E-state index in [-0.39, 0.29) is 23.6 Å². The van der Waals surface area contributed by atoms with Crippen LogP contribution in [0.4, 0.5) is 11.4 Å². The molecule has 1 spiro atoms. The van der Waals surface area contributed by atoms with Crippen LogP contribution in [0.2, 0.25) is 0 Å². The van der Waals surface area contributed by atoms with Gasteiger partial charge in [-0.05, 0) is 42.2 Å². The van der Waals surface area contributed by atoms with Gasteiger partial charge in [-0.15, -0.1) is 0 Å². The van der Waals surface area contributed by atoms with E-state index in [2.05, 4.69) is 21.0 Å². The third kappa shape index (κ3) is 4.26. The van der Waals surface area contributed by atoms with Gasteiger partial charge in [0.05, 0.1) is 5.41 Å². The Morgan fingerprint density at radius 1 is 1.11 bits per heavy atom. The molecule has 1 aromatic heterocycles. The Morgan fingerprint density at radius 3 is 2.56 bits per heavy atom. The molecule has 2 aliphatic rings. The van der Waals surface area contributed by atoms with Crippen LogP contribution < -0.4 is 16.0 Å². The largest absolute Gasteiger partial charge is 0.381 e. The third-order valence-corrected chi connectivity index (χ3v) is 7.28. The van der Waals surface area contributed by atoms with E-state index in [1.807, 2.05) is 43.3 Å². The van der Waals surface area contributed by atoms with Crippen LogP contribution in [0.3, 0.4) is 0 Å². The van der Waals surface area contributed by atoms with Crippen molar-refractivity contribution in [2.45, 2.75) is 37.1 Å². The summed E-state index contributed by atoms with van der Waals surface area (Å²) in [5.41, 5.74) is 2.89. The van der Waals surface area contributed by atoms with Crippen LogP contribution in [0, 0.1) is 0 Å². The van der Waals surface area contributed by atoms with Crippen molar-refractivity contribution in [1.82, 2.24) is 15.1 Å². The first kappa shape index (κ1) is 23.7. The quantitative estimate of drug-likeness (QED) is 0.495. The van der Waals surface area contributed by atoms with Crippen LogP contribution in [0.25, 0.3) is 0 Å². The number of hydrogen-bond acceptors (Lipinski definition) is 5. The Labute approximate surface area is 209 Å². The number of amides is 3. The number of nitrogens with one attached hydrogen (secondary N) is 3. The smallest absolute Gasteiger partial charge is 0.270 e. The lowest BCUT2D eigenvalue weighted by molar-refractivity contribution is -0.124. The molecule has 5 rings (SSSR count). The maximum absolute atomic E-state index is 13.5. The minimum Gasteiger partial charge on any atom is -0.381 e. The van der Waals surface area contributed by atoms with Crippen LogP contribution in [-0.4, -0.2) is 46.8 Å². The van der Waals surface area contributed by atoms with Gasteiger partial charge in [0.2, 0.25) is 11.8 Å². The first-order chi connectivity index (χ1) is 17.4. The van der Waals surface area contributed by atoms with E-state index < -0.39 is 11.5 Å². The number of anilines is 2. The van der Waals surface area contributed by atoms with Gasteiger partial charge in [0.25, 0.3) is 5.91 Å². The Hall–Kier alpha value is -3.98. The summed E-state index contributed by atoms with van der Waals surface area (Å²) in [6.07, 6.45) is 2.80. The summed E-state index contributed by atoms with van der Waals surface area (Å²) in [6, 6.07) is 15.8. The highest BCUT2D eigenvalue weighted by Gasteiger charge is 2.47. The average Bonchev–Trinajstić information content (AvgIpc) is 3.43. The third-order valence-electron chi connectivity index (χ3n) is 7.28. The van der Waals surface area contributed by atoms with Gasteiger partial charge in [0.1, 0.15) is 11.7 Å². The highest BCUT2D eigenvalue weighted by atomic mass is 16.5. The Kier molecular flexibility index (Phi) is 6.32. The Morgan fingerprint density at radius 2 is 1.86 bits per heavy atom. The number of carbonyl (C=O) groups is 3. The van der Waals surface area contributed by atoms with Crippen LogP contribution in [-0.2, 0) is 26.8 Å². The second kappa shape index (κ2) is 9.58. The van der Waals surface area contributed by atoms with Crippen molar-refractivity contribution < 1.29 is 19.1 Å². The van der Waals surface area contributed by atoms with E-state index in [1.165, 1.54) is 10.9 Å². The number of benzene rings is 2. The highest BCUT2D eigenvalue weighted by Crippen LogP contribution is 2.45. The zero-order valence-corrected chi connectivity index (χ0v) is 20.3. The maximum Gasteiger partial charge on any atom is 0.270 e. The van der Waals surface area contributed by atoms with Crippen molar-refractivity contribution in [1.29, 1.82) is 0 Å². The van der Waals surface area contributed by atoms with Crippen LogP contribution in [0.1, 0.15) is 47.3 Å². The van der Waals surface area contributed by atoms with E-state index in [4.69, 9.17) is 4.74 Å². The number of aryl methyl sites for hydroxylation is 1. The molecular formula is C27H29N5O4. The topological polar surface area (TPSA) is 114 Å². The summed E-state index contributed by atoms with van der Waals surface area (Å²) in [6.45, 7) is 2.99. The summed E-state index contributed by atoms with van der Waals surface area (Å²) >= 11 is 0. The number of hydrogen-bond donors (Lipinski definition) is 3. The van der Waals surface area contributed by atoms with Gasteiger partial charge in [-0.25, -0.2) is 0 Å². The molecule has 36 heavy (non-hydrogen) atoms. The van der Waals surface area contributed by atoms with Gasteiger partial charge in [0, 0.05) is 43.8 Å². The Bertz CT molecular complexity index is 1300. The number of carbonyl (C=O) groups excluding carboxylic acids is 3. The van der Waals surface area contributed by atoms with E-state index in [0.717, 1.165) is 11.1 Å². The van der Waals surface area contributed by atoms with Crippen molar-refractivity contribution in [3.05, 3.63) is 77.6 Å². The molecule has 3 heterocycles. The normalized spacial score (nSPS) is 17.7. The minimum atomic E-state index is -0.848. The summed E-state index contributed by atoms with van der Waals surface area (Å²) < 4.78 is 6.94. The van der Waals surface area contributed by atoms with E-state index in [9.17, 15) is 14.4 Å². The molecular weight excluding hydrogens is 458 g/mol. The van der Waals surface area contributed by atoms with Crippen LogP contribution in [0.15, 0.2) is 60.8 Å².